The summed E-state index contributed by atoms with van der Waals surface area (Å²) in [5.74, 6) is 0. The van der Waals surface area contributed by atoms with Gasteiger partial charge in [0.25, 0.3) is 0 Å². The molecule has 0 aliphatic carbocycles. The first kappa shape index (κ1) is 9.92. The van der Waals surface area contributed by atoms with E-state index in [1.54, 1.807) is 17.6 Å². The highest BCUT2D eigenvalue weighted by atomic mass is 32.1. The Balaban J connectivity index is 2.32. The van der Waals surface area contributed by atoms with Gasteiger partial charge in [0, 0.05) is 15.3 Å². The number of hydrogen-bond acceptors (Lipinski definition) is 2. The van der Waals surface area contributed by atoms with Gasteiger partial charge in [-0.2, -0.15) is 0 Å². The number of fused-ring (bicyclic) bond motifs is 5. The first-order chi connectivity index (χ1) is 8.93. The molecular weight excluding hydrogens is 240 g/mol. The van der Waals surface area contributed by atoms with Crippen molar-refractivity contribution < 1.29 is 4.74 Å². The molecule has 1 aromatic heterocycles. The van der Waals surface area contributed by atoms with Crippen molar-refractivity contribution in [3.63, 3.8) is 0 Å². The molecule has 1 aliphatic heterocycles. The zero-order chi connectivity index (χ0) is 11.9. The summed E-state index contributed by atoms with van der Waals surface area (Å²) in [6.07, 6.45) is 5.57. The van der Waals surface area contributed by atoms with Gasteiger partial charge in [-0.1, -0.05) is 30.3 Å². The molecule has 0 N–H and O–H groups in total. The first-order valence-electron chi connectivity index (χ1n) is 5.85. The maximum Gasteiger partial charge on any atom is 0.0986 e. The zero-order valence-corrected chi connectivity index (χ0v) is 10.4. The normalized spacial score (nSPS) is 13.1. The van der Waals surface area contributed by atoms with E-state index in [1.165, 1.54) is 31.6 Å². The Morgan fingerprint density at radius 3 is 3.00 bits per heavy atom. The summed E-state index contributed by atoms with van der Waals surface area (Å²) in [5, 5.41) is 7.15. The van der Waals surface area contributed by atoms with Crippen molar-refractivity contribution in [2.45, 2.75) is 0 Å². The van der Waals surface area contributed by atoms with Crippen LogP contribution in [0.5, 0.6) is 0 Å². The topological polar surface area (TPSA) is 9.23 Å². The van der Waals surface area contributed by atoms with Crippen molar-refractivity contribution in [3.8, 4) is 0 Å². The van der Waals surface area contributed by atoms with E-state index in [0.29, 0.717) is 0 Å². The van der Waals surface area contributed by atoms with Crippen molar-refractivity contribution in [3.05, 3.63) is 58.8 Å². The van der Waals surface area contributed by atoms with Crippen molar-refractivity contribution >= 4 is 44.5 Å². The molecule has 0 spiro atoms. The molecule has 0 amide bonds. The standard InChI is InChI=1S/C16H10OS/c1-3-11-6-7-17-10-15(11)14-9-12-4-2-8-18-16(12)13(14)5-1/h1-10H. The van der Waals surface area contributed by atoms with Gasteiger partial charge in [-0.05, 0) is 33.9 Å². The summed E-state index contributed by atoms with van der Waals surface area (Å²) >= 11 is 1.79. The number of hydrogen-bond donors (Lipinski definition) is 0. The molecule has 1 nitrogen and oxygen atoms in total. The Morgan fingerprint density at radius 1 is 1.00 bits per heavy atom. The summed E-state index contributed by atoms with van der Waals surface area (Å²) in [4.78, 5) is 0. The van der Waals surface area contributed by atoms with E-state index < -0.39 is 0 Å². The number of ether oxygens (including phenoxy) is 1. The predicted molar refractivity (Wildman–Crippen MR) is 77.9 cm³/mol. The van der Waals surface area contributed by atoms with Gasteiger partial charge in [-0.3, -0.25) is 0 Å². The van der Waals surface area contributed by atoms with Crippen LogP contribution < -0.4 is 5.22 Å². The van der Waals surface area contributed by atoms with Crippen molar-refractivity contribution in [2.24, 2.45) is 0 Å². The maximum atomic E-state index is 5.34. The van der Waals surface area contributed by atoms with Crippen LogP contribution in [0.15, 0.2) is 48.0 Å². The molecule has 86 valence electrons. The Kier molecular flexibility index (Phi) is 2.05. The molecule has 0 saturated carbocycles. The molecule has 3 aromatic rings. The van der Waals surface area contributed by atoms with Crippen LogP contribution in [0.4, 0.5) is 0 Å². The maximum absolute atomic E-state index is 5.34. The van der Waals surface area contributed by atoms with Gasteiger partial charge < -0.3 is 4.74 Å². The Labute approximate surface area is 108 Å². The summed E-state index contributed by atoms with van der Waals surface area (Å²) in [6, 6.07) is 12.9. The third-order valence-corrected chi connectivity index (χ3v) is 4.27. The summed E-state index contributed by atoms with van der Waals surface area (Å²) in [7, 11) is 0. The fourth-order valence-electron chi connectivity index (χ4n) is 2.46. The third-order valence-electron chi connectivity index (χ3n) is 3.29. The Morgan fingerprint density at radius 2 is 2.00 bits per heavy atom. The highest BCUT2D eigenvalue weighted by Gasteiger charge is 2.06. The quantitative estimate of drug-likeness (QED) is 0.584. The minimum Gasteiger partial charge on any atom is -0.472 e. The predicted octanol–water partition coefficient (Wildman–Crippen LogP) is 4.07. The second kappa shape index (κ2) is 3.72. The largest absolute Gasteiger partial charge is 0.472 e. The molecule has 2 aromatic carbocycles. The molecule has 2 heterocycles. The molecule has 0 fully saturated rings. The van der Waals surface area contributed by atoms with Gasteiger partial charge in [-0.25, -0.2) is 0 Å². The van der Waals surface area contributed by atoms with E-state index in [2.05, 4.69) is 41.8 Å². The van der Waals surface area contributed by atoms with Gasteiger partial charge in [0.05, 0.1) is 12.5 Å². The van der Waals surface area contributed by atoms with Crippen LogP contribution in [0.25, 0.3) is 33.2 Å². The van der Waals surface area contributed by atoms with Crippen LogP contribution >= 0.6 is 11.3 Å². The molecule has 0 radical (unpaired) electrons. The highest BCUT2D eigenvalue weighted by Crippen LogP contribution is 2.29. The van der Waals surface area contributed by atoms with Gasteiger partial charge in [0.15, 0.2) is 0 Å². The average Bonchev–Trinajstić information content (AvgIpc) is 2.69. The number of rotatable bonds is 0. The van der Waals surface area contributed by atoms with E-state index in [1.807, 2.05) is 12.3 Å². The lowest BCUT2D eigenvalue weighted by Crippen LogP contribution is -2.06. The lowest BCUT2D eigenvalue weighted by Gasteiger charge is -1.99. The monoisotopic (exact) mass is 250 g/mol. The van der Waals surface area contributed by atoms with Gasteiger partial charge in [0.2, 0.25) is 0 Å². The van der Waals surface area contributed by atoms with Crippen LogP contribution in [0.1, 0.15) is 5.56 Å². The second-order valence-electron chi connectivity index (χ2n) is 4.32. The smallest absolute Gasteiger partial charge is 0.0986 e. The molecule has 0 atom stereocenters. The molecule has 2 heteroatoms. The summed E-state index contributed by atoms with van der Waals surface area (Å²) in [6.45, 7) is 0. The minimum atomic E-state index is 1.17. The van der Waals surface area contributed by atoms with Crippen LogP contribution in [-0.2, 0) is 4.74 Å². The zero-order valence-electron chi connectivity index (χ0n) is 9.59. The van der Waals surface area contributed by atoms with Crippen LogP contribution in [0.3, 0.4) is 0 Å². The van der Waals surface area contributed by atoms with E-state index >= 15 is 0 Å². The SMILES string of the molecule is C1=Cc2cccc3c(cc4cccsc43)c2=CO1. The van der Waals surface area contributed by atoms with Crippen molar-refractivity contribution in [1.29, 1.82) is 0 Å². The first-order valence-corrected chi connectivity index (χ1v) is 6.73. The summed E-state index contributed by atoms with van der Waals surface area (Å²) < 4.78 is 6.68. The Hall–Kier alpha value is -2.06. The lowest BCUT2D eigenvalue weighted by molar-refractivity contribution is 0.461. The molecular formula is C16H10OS. The van der Waals surface area contributed by atoms with E-state index in [0.717, 1.165) is 0 Å². The highest BCUT2D eigenvalue weighted by molar-refractivity contribution is 7.17. The molecule has 0 unspecified atom stereocenters. The van der Waals surface area contributed by atoms with E-state index in [9.17, 15) is 0 Å². The van der Waals surface area contributed by atoms with Crippen molar-refractivity contribution in [1.82, 2.24) is 0 Å². The Bertz CT molecular complexity index is 856. The van der Waals surface area contributed by atoms with Gasteiger partial charge in [-0.15, -0.1) is 11.3 Å². The lowest BCUT2D eigenvalue weighted by atomic mass is 10.1. The van der Waals surface area contributed by atoms with Gasteiger partial charge >= 0.3 is 0 Å². The second-order valence-corrected chi connectivity index (χ2v) is 5.24. The third kappa shape index (κ3) is 1.33. The van der Waals surface area contributed by atoms with Crippen LogP contribution in [0.2, 0.25) is 0 Å². The van der Waals surface area contributed by atoms with Crippen LogP contribution in [-0.4, -0.2) is 0 Å². The molecule has 0 saturated heterocycles. The molecule has 18 heavy (non-hydrogen) atoms. The molecule has 4 rings (SSSR count). The van der Waals surface area contributed by atoms with E-state index in [4.69, 9.17) is 4.74 Å². The van der Waals surface area contributed by atoms with Gasteiger partial charge in [0.1, 0.15) is 0 Å². The fraction of sp³-hybridized carbons (Fsp3) is 0. The summed E-state index contributed by atoms with van der Waals surface area (Å²) in [5.41, 5.74) is 1.21. The molecule has 0 bridgehead atoms. The average molecular weight is 250 g/mol. The minimum absolute atomic E-state index is 1.17. The van der Waals surface area contributed by atoms with Crippen LogP contribution in [0, 0.1) is 0 Å². The molecule has 1 aliphatic rings. The van der Waals surface area contributed by atoms with Crippen molar-refractivity contribution in [2.75, 3.05) is 0 Å². The van der Waals surface area contributed by atoms with E-state index in [-0.39, 0.29) is 0 Å². The fourth-order valence-corrected chi connectivity index (χ4v) is 3.32.